The quantitative estimate of drug-likeness (QED) is 0.842. The van der Waals surface area contributed by atoms with Gasteiger partial charge in [-0.1, -0.05) is 23.7 Å². The highest BCUT2D eigenvalue weighted by Gasteiger charge is 2.31. The van der Waals surface area contributed by atoms with Crippen LogP contribution in [0.1, 0.15) is 31.0 Å². The lowest BCUT2D eigenvalue weighted by Crippen LogP contribution is -2.31. The Hall–Kier alpha value is -1.27. The fourth-order valence-electron chi connectivity index (χ4n) is 2.34. The summed E-state index contributed by atoms with van der Waals surface area (Å²) in [6.07, 6.45) is -4.88. The second-order valence-corrected chi connectivity index (χ2v) is 5.43. The number of nitrogens with one attached hydrogen (secondary N) is 1. The number of carbonyl (C=O) groups excluding carboxylic acids is 1. The van der Waals surface area contributed by atoms with Gasteiger partial charge in [0.1, 0.15) is 6.17 Å². The van der Waals surface area contributed by atoms with Gasteiger partial charge in [-0.15, -0.1) is 0 Å². The third kappa shape index (κ3) is 4.61. The average Bonchev–Trinajstić information content (AvgIpc) is 2.76. The van der Waals surface area contributed by atoms with Crippen molar-refractivity contribution in [2.24, 2.45) is 0 Å². The predicted molar refractivity (Wildman–Crippen MR) is 73.8 cm³/mol. The maximum absolute atomic E-state index is 12.1. The molecular formula is C14H16ClF3N2O. The van der Waals surface area contributed by atoms with E-state index < -0.39 is 12.6 Å². The van der Waals surface area contributed by atoms with E-state index in [2.05, 4.69) is 5.32 Å². The summed E-state index contributed by atoms with van der Waals surface area (Å²) in [4.78, 5) is 13.4. The molecule has 1 fully saturated rings. The fraction of sp³-hybridized carbons (Fsp3) is 0.500. The second kappa shape index (κ2) is 6.66. The standard InChI is InChI=1S/C14H16ClF3N2O/c15-11-5-3-10(4-6-11)13-19-9-12(21)20(13)8-2-1-7-14(16,17)18/h3-6,13,19H,1-2,7-9H2. The molecule has 1 aliphatic heterocycles. The number of hydrogen-bond acceptors (Lipinski definition) is 2. The van der Waals surface area contributed by atoms with Gasteiger partial charge in [-0.2, -0.15) is 13.2 Å². The molecule has 0 bridgehead atoms. The molecule has 1 heterocycles. The topological polar surface area (TPSA) is 32.3 Å². The highest BCUT2D eigenvalue weighted by Crippen LogP contribution is 2.26. The Morgan fingerprint density at radius 1 is 1.24 bits per heavy atom. The number of alkyl halides is 3. The van der Waals surface area contributed by atoms with Crippen molar-refractivity contribution >= 4 is 17.5 Å². The number of amides is 1. The summed E-state index contributed by atoms with van der Waals surface area (Å²) < 4.78 is 36.3. The van der Waals surface area contributed by atoms with E-state index >= 15 is 0 Å². The molecule has 1 unspecified atom stereocenters. The minimum Gasteiger partial charge on any atom is -0.322 e. The van der Waals surface area contributed by atoms with Crippen molar-refractivity contribution < 1.29 is 18.0 Å². The van der Waals surface area contributed by atoms with Gasteiger partial charge in [0.15, 0.2) is 0 Å². The molecule has 0 saturated carbocycles. The molecule has 3 nitrogen and oxygen atoms in total. The Kier molecular flexibility index (Phi) is 5.11. The molecule has 2 rings (SSSR count). The average molecular weight is 321 g/mol. The lowest BCUT2D eigenvalue weighted by molar-refractivity contribution is -0.136. The number of rotatable bonds is 5. The van der Waals surface area contributed by atoms with Gasteiger partial charge in [-0.05, 0) is 30.5 Å². The van der Waals surface area contributed by atoms with Gasteiger partial charge in [0.05, 0.1) is 6.54 Å². The van der Waals surface area contributed by atoms with Gasteiger partial charge in [-0.25, -0.2) is 0 Å². The monoisotopic (exact) mass is 320 g/mol. The maximum atomic E-state index is 12.1. The minimum absolute atomic E-state index is 0.0284. The summed E-state index contributed by atoms with van der Waals surface area (Å²) in [6.45, 7) is 0.516. The van der Waals surface area contributed by atoms with Gasteiger partial charge in [0.2, 0.25) is 5.91 Å². The molecule has 1 atom stereocenters. The summed E-state index contributed by atoms with van der Waals surface area (Å²) in [6, 6.07) is 7.06. The lowest BCUT2D eigenvalue weighted by Gasteiger charge is -2.24. The van der Waals surface area contributed by atoms with Crippen LogP contribution in [0.4, 0.5) is 13.2 Å². The van der Waals surface area contributed by atoms with Gasteiger partial charge in [0.25, 0.3) is 0 Å². The van der Waals surface area contributed by atoms with Crippen LogP contribution in [0, 0.1) is 0 Å². The second-order valence-electron chi connectivity index (χ2n) is 4.99. The number of nitrogens with zero attached hydrogens (tertiary/aromatic N) is 1. The number of hydrogen-bond donors (Lipinski definition) is 1. The van der Waals surface area contributed by atoms with Gasteiger partial charge >= 0.3 is 6.18 Å². The first-order valence-corrected chi connectivity index (χ1v) is 7.10. The molecule has 0 radical (unpaired) electrons. The van der Waals surface area contributed by atoms with Crippen molar-refractivity contribution in [3.05, 3.63) is 34.9 Å². The van der Waals surface area contributed by atoms with Crippen molar-refractivity contribution in [2.45, 2.75) is 31.6 Å². The van der Waals surface area contributed by atoms with Gasteiger partial charge in [-0.3, -0.25) is 10.1 Å². The summed E-state index contributed by atoms with van der Waals surface area (Å²) in [5.41, 5.74) is 0.876. The third-order valence-corrected chi connectivity index (χ3v) is 3.63. The van der Waals surface area contributed by atoms with Crippen molar-refractivity contribution in [2.75, 3.05) is 13.1 Å². The molecule has 1 amide bonds. The van der Waals surface area contributed by atoms with E-state index in [0.717, 1.165) is 5.56 Å². The minimum atomic E-state index is -4.14. The highest BCUT2D eigenvalue weighted by atomic mass is 35.5. The Morgan fingerprint density at radius 2 is 1.90 bits per heavy atom. The summed E-state index contributed by atoms with van der Waals surface area (Å²) in [7, 11) is 0. The highest BCUT2D eigenvalue weighted by molar-refractivity contribution is 6.30. The van der Waals surface area contributed by atoms with E-state index in [1.165, 1.54) is 0 Å². The fourth-order valence-corrected chi connectivity index (χ4v) is 2.47. The van der Waals surface area contributed by atoms with Crippen LogP contribution < -0.4 is 5.32 Å². The van der Waals surface area contributed by atoms with E-state index in [1.807, 2.05) is 0 Å². The molecule has 1 saturated heterocycles. The van der Waals surface area contributed by atoms with Crippen molar-refractivity contribution in [1.29, 1.82) is 0 Å². The van der Waals surface area contributed by atoms with Crippen LogP contribution in [-0.4, -0.2) is 30.1 Å². The summed E-state index contributed by atoms with van der Waals surface area (Å²) in [5, 5.41) is 3.66. The Morgan fingerprint density at radius 3 is 2.52 bits per heavy atom. The number of carbonyl (C=O) groups is 1. The molecule has 0 aliphatic carbocycles. The van der Waals surface area contributed by atoms with E-state index in [1.54, 1.807) is 29.2 Å². The van der Waals surface area contributed by atoms with E-state index in [-0.39, 0.29) is 25.0 Å². The SMILES string of the molecule is O=C1CNC(c2ccc(Cl)cc2)N1CCCCC(F)(F)F. The summed E-state index contributed by atoms with van der Waals surface area (Å²) >= 11 is 5.82. The lowest BCUT2D eigenvalue weighted by atomic mass is 10.1. The molecule has 1 aliphatic rings. The van der Waals surface area contributed by atoms with Crippen molar-refractivity contribution in [3.63, 3.8) is 0 Å². The Balaban J connectivity index is 1.93. The third-order valence-electron chi connectivity index (χ3n) is 3.37. The molecule has 1 N–H and O–H groups in total. The first-order chi connectivity index (χ1) is 9.87. The molecule has 1 aromatic rings. The van der Waals surface area contributed by atoms with Gasteiger partial charge < -0.3 is 4.90 Å². The van der Waals surface area contributed by atoms with Crippen molar-refractivity contribution in [1.82, 2.24) is 10.2 Å². The smallest absolute Gasteiger partial charge is 0.322 e. The first kappa shape index (κ1) is 16.1. The summed E-state index contributed by atoms with van der Waals surface area (Å²) in [5.74, 6) is -0.0954. The first-order valence-electron chi connectivity index (χ1n) is 6.72. The molecular weight excluding hydrogens is 305 g/mol. The Bertz CT molecular complexity index is 490. The van der Waals surface area contributed by atoms with Crippen LogP contribution >= 0.6 is 11.6 Å². The normalized spacial score (nSPS) is 19.3. The van der Waals surface area contributed by atoms with Crippen LogP contribution in [0.5, 0.6) is 0 Å². The predicted octanol–water partition coefficient (Wildman–Crippen LogP) is 3.50. The van der Waals surface area contributed by atoms with E-state index in [0.29, 0.717) is 18.0 Å². The zero-order valence-electron chi connectivity index (χ0n) is 11.3. The zero-order chi connectivity index (χ0) is 15.5. The number of halogens is 4. The number of unbranched alkanes of at least 4 members (excludes halogenated alkanes) is 1. The molecule has 1 aromatic carbocycles. The molecule has 0 aromatic heterocycles. The molecule has 21 heavy (non-hydrogen) atoms. The number of benzene rings is 1. The maximum Gasteiger partial charge on any atom is 0.389 e. The molecule has 116 valence electrons. The molecule has 7 heteroatoms. The molecule has 0 spiro atoms. The van der Waals surface area contributed by atoms with Crippen LogP contribution in [0.3, 0.4) is 0 Å². The van der Waals surface area contributed by atoms with Crippen molar-refractivity contribution in [3.8, 4) is 0 Å². The Labute approximate surface area is 126 Å². The van der Waals surface area contributed by atoms with Crippen LogP contribution in [0.15, 0.2) is 24.3 Å². The largest absolute Gasteiger partial charge is 0.389 e. The zero-order valence-corrected chi connectivity index (χ0v) is 12.0. The van der Waals surface area contributed by atoms with E-state index in [9.17, 15) is 18.0 Å². The van der Waals surface area contributed by atoms with Crippen LogP contribution in [0.2, 0.25) is 5.02 Å². The van der Waals surface area contributed by atoms with Crippen LogP contribution in [-0.2, 0) is 4.79 Å². The van der Waals surface area contributed by atoms with Gasteiger partial charge in [0, 0.05) is 18.0 Å². The van der Waals surface area contributed by atoms with E-state index in [4.69, 9.17) is 11.6 Å². The van der Waals surface area contributed by atoms with Crippen LogP contribution in [0.25, 0.3) is 0 Å².